The third kappa shape index (κ3) is 5.10. The summed E-state index contributed by atoms with van der Waals surface area (Å²) in [5, 5.41) is 11.6. The van der Waals surface area contributed by atoms with E-state index in [-0.39, 0.29) is 31.4 Å². The Labute approximate surface area is 188 Å². The minimum Gasteiger partial charge on any atom is -0.481 e. The summed E-state index contributed by atoms with van der Waals surface area (Å²) in [6.07, 6.45) is -0.837. The van der Waals surface area contributed by atoms with Gasteiger partial charge >= 0.3 is 12.1 Å². The molecule has 2 aromatic rings. The van der Waals surface area contributed by atoms with E-state index < -0.39 is 23.5 Å². The van der Waals surface area contributed by atoms with Gasteiger partial charge in [0.2, 0.25) is 5.91 Å². The molecule has 170 valence electrons. The van der Waals surface area contributed by atoms with Crippen LogP contribution in [0.1, 0.15) is 44.2 Å². The van der Waals surface area contributed by atoms with Crippen LogP contribution in [0.25, 0.3) is 11.1 Å². The molecule has 0 aromatic heterocycles. The monoisotopic (exact) mass is 438 g/mol. The number of ether oxygens (including phenoxy) is 1. The molecule has 7 nitrogen and oxygen atoms in total. The number of hydrogen-bond acceptors (Lipinski definition) is 4. The van der Waals surface area contributed by atoms with Crippen LogP contribution in [-0.2, 0) is 14.3 Å². The van der Waals surface area contributed by atoms with Gasteiger partial charge in [0.25, 0.3) is 0 Å². The maximum atomic E-state index is 12.9. The maximum absolute atomic E-state index is 12.9. The molecule has 32 heavy (non-hydrogen) atoms. The second-order valence-electron chi connectivity index (χ2n) is 9.17. The topological polar surface area (TPSA) is 95.9 Å². The lowest BCUT2D eigenvalue weighted by atomic mass is 9.86. The number of fused-ring (bicyclic) bond motifs is 3. The van der Waals surface area contributed by atoms with Gasteiger partial charge in [-0.1, -0.05) is 69.3 Å². The summed E-state index contributed by atoms with van der Waals surface area (Å²) in [4.78, 5) is 37.7. The number of hydrogen-bond donors (Lipinski definition) is 2. The molecular formula is C25H30N2O5. The quantitative estimate of drug-likeness (QED) is 0.684. The number of nitrogens with one attached hydrogen (secondary N) is 1. The van der Waals surface area contributed by atoms with Crippen molar-refractivity contribution in [3.8, 4) is 11.1 Å². The van der Waals surface area contributed by atoms with Crippen molar-refractivity contribution in [2.75, 3.05) is 20.2 Å². The van der Waals surface area contributed by atoms with E-state index in [2.05, 4.69) is 17.4 Å². The van der Waals surface area contributed by atoms with Crippen molar-refractivity contribution in [1.82, 2.24) is 10.2 Å². The molecule has 0 aliphatic heterocycles. The van der Waals surface area contributed by atoms with Crippen LogP contribution >= 0.6 is 0 Å². The highest BCUT2D eigenvalue weighted by atomic mass is 16.5. The number of carboxylic acid groups (broad SMARTS) is 1. The van der Waals surface area contributed by atoms with Crippen LogP contribution in [0, 0.1) is 5.41 Å². The standard InChI is InChI=1S/C25H30N2O5/c1-25(2,3)22(23(30)27(4)14-13-21(28)29)26-24(31)32-15-20-18-11-7-5-9-16(18)17-10-6-8-12-19(17)20/h5-12,20,22H,13-15H2,1-4H3,(H,26,31)(H,28,29)/t22-/m0/s1. The lowest BCUT2D eigenvalue weighted by molar-refractivity contribution is -0.139. The molecule has 0 spiro atoms. The van der Waals surface area contributed by atoms with E-state index in [4.69, 9.17) is 9.84 Å². The van der Waals surface area contributed by atoms with Crippen LogP contribution in [0.4, 0.5) is 4.79 Å². The molecule has 0 heterocycles. The van der Waals surface area contributed by atoms with E-state index in [1.165, 1.54) is 11.9 Å². The van der Waals surface area contributed by atoms with Gasteiger partial charge in [0, 0.05) is 19.5 Å². The van der Waals surface area contributed by atoms with E-state index in [1.54, 1.807) is 0 Å². The lowest BCUT2D eigenvalue weighted by Crippen LogP contribution is -2.54. The average Bonchev–Trinajstić information content (AvgIpc) is 3.07. The van der Waals surface area contributed by atoms with Crippen LogP contribution in [0.5, 0.6) is 0 Å². The van der Waals surface area contributed by atoms with Gasteiger partial charge in [-0.05, 0) is 27.7 Å². The van der Waals surface area contributed by atoms with Crippen LogP contribution < -0.4 is 5.32 Å². The first-order valence-electron chi connectivity index (χ1n) is 10.7. The van der Waals surface area contributed by atoms with Crippen molar-refractivity contribution >= 4 is 18.0 Å². The highest BCUT2D eigenvalue weighted by Crippen LogP contribution is 2.44. The molecule has 7 heteroatoms. The first-order valence-corrected chi connectivity index (χ1v) is 10.7. The molecule has 1 atom stereocenters. The third-order valence-corrected chi connectivity index (χ3v) is 5.76. The molecule has 1 aliphatic carbocycles. The number of carbonyl (C=O) groups excluding carboxylic acids is 2. The van der Waals surface area contributed by atoms with Crippen molar-refractivity contribution in [2.45, 2.75) is 39.2 Å². The Hall–Kier alpha value is -3.35. The van der Waals surface area contributed by atoms with E-state index in [9.17, 15) is 14.4 Å². The van der Waals surface area contributed by atoms with Gasteiger partial charge in [-0.25, -0.2) is 4.79 Å². The Balaban J connectivity index is 1.68. The Kier molecular flexibility index (Phi) is 6.87. The molecule has 0 bridgehead atoms. The molecule has 2 aromatic carbocycles. The fraction of sp³-hybridized carbons (Fsp3) is 0.400. The molecule has 0 unspecified atom stereocenters. The number of nitrogens with zero attached hydrogens (tertiary/aromatic N) is 1. The Morgan fingerprint density at radius 1 is 1.03 bits per heavy atom. The summed E-state index contributed by atoms with van der Waals surface area (Å²) in [7, 11) is 1.53. The van der Waals surface area contributed by atoms with Gasteiger partial charge in [-0.15, -0.1) is 0 Å². The number of carbonyl (C=O) groups is 3. The van der Waals surface area contributed by atoms with Crippen molar-refractivity contribution in [2.24, 2.45) is 5.41 Å². The SMILES string of the molecule is CN(CCC(=O)O)C(=O)[C@H](NC(=O)OCC1c2ccccc2-c2ccccc21)C(C)(C)C. The summed E-state index contributed by atoms with van der Waals surface area (Å²) in [6, 6.07) is 15.3. The molecule has 0 saturated carbocycles. The Bertz CT molecular complexity index is 966. The molecule has 0 saturated heterocycles. The number of alkyl carbamates (subject to hydrolysis) is 1. The van der Waals surface area contributed by atoms with Crippen LogP contribution in [0.2, 0.25) is 0 Å². The molecule has 2 amide bonds. The van der Waals surface area contributed by atoms with Crippen molar-refractivity contribution < 1.29 is 24.2 Å². The summed E-state index contributed by atoms with van der Waals surface area (Å²) in [5.41, 5.74) is 3.91. The number of amides is 2. The van der Waals surface area contributed by atoms with Gasteiger partial charge in [-0.2, -0.15) is 0 Å². The minimum atomic E-state index is -0.985. The average molecular weight is 439 g/mol. The zero-order valence-electron chi connectivity index (χ0n) is 18.9. The van der Waals surface area contributed by atoms with Gasteiger partial charge < -0.3 is 20.1 Å². The number of benzene rings is 2. The highest BCUT2D eigenvalue weighted by Gasteiger charge is 2.36. The second kappa shape index (κ2) is 9.42. The van der Waals surface area contributed by atoms with Crippen molar-refractivity contribution in [3.63, 3.8) is 0 Å². The zero-order valence-corrected chi connectivity index (χ0v) is 18.9. The number of aliphatic carboxylic acids is 1. The van der Waals surface area contributed by atoms with Crippen LogP contribution in [-0.4, -0.2) is 54.2 Å². The van der Waals surface area contributed by atoms with Crippen LogP contribution in [0.3, 0.4) is 0 Å². The minimum absolute atomic E-state index is 0.0626. The van der Waals surface area contributed by atoms with Gasteiger partial charge in [-0.3, -0.25) is 9.59 Å². The van der Waals surface area contributed by atoms with Gasteiger partial charge in [0.15, 0.2) is 0 Å². The number of likely N-dealkylation sites (N-methyl/N-ethyl adjacent to an activating group) is 1. The smallest absolute Gasteiger partial charge is 0.407 e. The largest absolute Gasteiger partial charge is 0.481 e. The maximum Gasteiger partial charge on any atom is 0.407 e. The molecule has 3 rings (SSSR count). The summed E-state index contributed by atoms with van der Waals surface area (Å²) in [5.74, 6) is -1.41. The third-order valence-electron chi connectivity index (χ3n) is 5.76. The molecule has 0 fully saturated rings. The highest BCUT2D eigenvalue weighted by molar-refractivity contribution is 5.86. The molecular weight excluding hydrogens is 408 g/mol. The normalized spacial score (nSPS) is 13.6. The fourth-order valence-electron chi connectivity index (χ4n) is 4.00. The Morgan fingerprint density at radius 2 is 1.56 bits per heavy atom. The molecule has 2 N–H and O–H groups in total. The predicted octanol–water partition coefficient (Wildman–Crippen LogP) is 3.87. The number of carboxylic acids is 1. The zero-order chi connectivity index (χ0) is 23.5. The molecule has 1 aliphatic rings. The second-order valence-corrected chi connectivity index (χ2v) is 9.17. The number of rotatable bonds is 7. The van der Waals surface area contributed by atoms with E-state index in [0.29, 0.717) is 0 Å². The van der Waals surface area contributed by atoms with Crippen molar-refractivity contribution in [1.29, 1.82) is 0 Å². The molecule has 0 radical (unpaired) electrons. The summed E-state index contributed by atoms with van der Waals surface area (Å²) >= 11 is 0. The van der Waals surface area contributed by atoms with E-state index >= 15 is 0 Å². The summed E-state index contributed by atoms with van der Waals surface area (Å²) < 4.78 is 5.58. The van der Waals surface area contributed by atoms with Crippen LogP contribution in [0.15, 0.2) is 48.5 Å². The first kappa shape index (κ1) is 23.3. The van der Waals surface area contributed by atoms with Gasteiger partial charge in [0.1, 0.15) is 12.6 Å². The van der Waals surface area contributed by atoms with E-state index in [1.807, 2.05) is 57.2 Å². The van der Waals surface area contributed by atoms with Crippen molar-refractivity contribution in [3.05, 3.63) is 59.7 Å². The van der Waals surface area contributed by atoms with Gasteiger partial charge in [0.05, 0.1) is 6.42 Å². The lowest BCUT2D eigenvalue weighted by Gasteiger charge is -2.33. The van der Waals surface area contributed by atoms with E-state index in [0.717, 1.165) is 22.3 Å². The predicted molar refractivity (Wildman–Crippen MR) is 121 cm³/mol. The summed E-state index contributed by atoms with van der Waals surface area (Å²) in [6.45, 7) is 5.73. The first-order chi connectivity index (χ1) is 15.1. The Morgan fingerprint density at radius 3 is 2.06 bits per heavy atom. The fourth-order valence-corrected chi connectivity index (χ4v) is 4.00.